The van der Waals surface area contributed by atoms with Gasteiger partial charge in [0.15, 0.2) is 0 Å². The molecular weight excluding hydrogens is 374 g/mol. The molecule has 5 nitrogen and oxygen atoms in total. The van der Waals surface area contributed by atoms with E-state index >= 15 is 0 Å². The minimum absolute atomic E-state index is 0.0833. The average Bonchev–Trinajstić information content (AvgIpc) is 3.18. The highest BCUT2D eigenvalue weighted by Gasteiger charge is 2.10. The Labute approximate surface area is 176 Å². The number of hydrogen-bond donors (Lipinski definition) is 1. The van der Waals surface area contributed by atoms with Gasteiger partial charge in [-0.25, -0.2) is 4.98 Å². The molecule has 0 spiro atoms. The lowest BCUT2D eigenvalue weighted by Gasteiger charge is -2.13. The van der Waals surface area contributed by atoms with Gasteiger partial charge in [-0.2, -0.15) is 0 Å². The number of carbonyl (C=O) groups is 1. The van der Waals surface area contributed by atoms with E-state index in [1.165, 1.54) is 11.1 Å². The molecular formula is C25H25N3O2. The summed E-state index contributed by atoms with van der Waals surface area (Å²) in [6.07, 6.45) is 4.01. The number of hydrogen-bond acceptors (Lipinski definition) is 3. The van der Waals surface area contributed by atoms with Gasteiger partial charge in [-0.15, -0.1) is 0 Å². The molecule has 1 unspecified atom stereocenters. The topological polar surface area (TPSA) is 55.6 Å². The second kappa shape index (κ2) is 8.82. The number of rotatable bonds is 7. The van der Waals surface area contributed by atoms with Crippen molar-refractivity contribution in [2.24, 2.45) is 0 Å². The fourth-order valence-corrected chi connectivity index (χ4v) is 3.33. The number of pyridine rings is 1. The molecule has 2 heterocycles. The molecule has 2 aromatic heterocycles. The molecule has 5 heteroatoms. The van der Waals surface area contributed by atoms with E-state index in [2.05, 4.69) is 36.3 Å². The van der Waals surface area contributed by atoms with Crippen LogP contribution in [-0.2, 0) is 6.61 Å². The molecule has 0 aliphatic heterocycles. The molecule has 2 aromatic carbocycles. The first-order valence-corrected chi connectivity index (χ1v) is 10.1. The number of benzene rings is 2. The Hall–Kier alpha value is -3.60. The van der Waals surface area contributed by atoms with Crippen molar-refractivity contribution in [3.63, 3.8) is 0 Å². The third-order valence-electron chi connectivity index (χ3n) is 5.09. The number of nitrogens with one attached hydrogen (secondary N) is 1. The lowest BCUT2D eigenvalue weighted by Crippen LogP contribution is -2.27. The summed E-state index contributed by atoms with van der Waals surface area (Å²) in [6.45, 7) is 5.12. The summed E-state index contributed by atoms with van der Waals surface area (Å²) in [5.74, 6) is 0.879. The first-order chi connectivity index (χ1) is 14.6. The van der Waals surface area contributed by atoms with E-state index < -0.39 is 0 Å². The second-order valence-electron chi connectivity index (χ2n) is 7.54. The van der Waals surface area contributed by atoms with Crippen molar-refractivity contribution in [2.75, 3.05) is 6.54 Å². The van der Waals surface area contributed by atoms with Crippen LogP contribution in [0.1, 0.15) is 40.0 Å². The monoisotopic (exact) mass is 399 g/mol. The Morgan fingerprint density at radius 1 is 1.03 bits per heavy atom. The summed E-state index contributed by atoms with van der Waals surface area (Å²) in [5, 5.41) is 3.00. The van der Waals surface area contributed by atoms with E-state index in [4.69, 9.17) is 4.74 Å². The lowest BCUT2D eigenvalue weighted by molar-refractivity contribution is 0.0951. The SMILES string of the molecule is Cc1ccc2nc(COc3ccc(C(=O)NCC(C)c4ccccc4)cc3)cn2c1. The van der Waals surface area contributed by atoms with Gasteiger partial charge < -0.3 is 14.5 Å². The third-order valence-corrected chi connectivity index (χ3v) is 5.09. The zero-order valence-electron chi connectivity index (χ0n) is 17.2. The number of ether oxygens (including phenoxy) is 1. The van der Waals surface area contributed by atoms with Crippen molar-refractivity contribution >= 4 is 11.6 Å². The Kier molecular flexibility index (Phi) is 5.80. The van der Waals surface area contributed by atoms with E-state index in [0.29, 0.717) is 24.5 Å². The maximum Gasteiger partial charge on any atom is 0.251 e. The van der Waals surface area contributed by atoms with Gasteiger partial charge in [-0.1, -0.05) is 43.3 Å². The van der Waals surface area contributed by atoms with Gasteiger partial charge in [0.2, 0.25) is 0 Å². The number of aryl methyl sites for hydroxylation is 1. The molecule has 4 rings (SSSR count). The Morgan fingerprint density at radius 3 is 2.57 bits per heavy atom. The average molecular weight is 399 g/mol. The number of amides is 1. The Morgan fingerprint density at radius 2 is 1.80 bits per heavy atom. The van der Waals surface area contributed by atoms with Gasteiger partial charge in [-0.3, -0.25) is 4.79 Å². The minimum atomic E-state index is -0.0833. The third kappa shape index (κ3) is 4.69. The van der Waals surface area contributed by atoms with Crippen LogP contribution in [0, 0.1) is 6.92 Å². The molecule has 1 amide bonds. The molecule has 30 heavy (non-hydrogen) atoms. The number of aromatic nitrogens is 2. The van der Waals surface area contributed by atoms with E-state index in [9.17, 15) is 4.79 Å². The highest BCUT2D eigenvalue weighted by molar-refractivity contribution is 5.94. The van der Waals surface area contributed by atoms with Crippen LogP contribution >= 0.6 is 0 Å². The van der Waals surface area contributed by atoms with Crippen LogP contribution in [-0.4, -0.2) is 21.8 Å². The zero-order chi connectivity index (χ0) is 20.9. The summed E-state index contributed by atoms with van der Waals surface area (Å²) >= 11 is 0. The fraction of sp³-hybridized carbons (Fsp3) is 0.200. The van der Waals surface area contributed by atoms with Crippen molar-refractivity contribution in [2.45, 2.75) is 26.4 Å². The zero-order valence-corrected chi connectivity index (χ0v) is 17.2. The van der Waals surface area contributed by atoms with E-state index in [1.807, 2.05) is 59.3 Å². The summed E-state index contributed by atoms with van der Waals surface area (Å²) in [6, 6.07) is 21.4. The van der Waals surface area contributed by atoms with Crippen LogP contribution in [0.15, 0.2) is 79.1 Å². The van der Waals surface area contributed by atoms with Crippen molar-refractivity contribution in [3.8, 4) is 5.75 Å². The Bertz CT molecular complexity index is 1130. The predicted octanol–water partition coefficient (Wildman–Crippen LogP) is 4.76. The molecule has 0 saturated carbocycles. The van der Waals surface area contributed by atoms with Crippen LogP contribution in [0.4, 0.5) is 0 Å². The standard InChI is InChI=1S/C25H25N3O2/c1-18-8-13-24-27-22(16-28(24)15-18)17-30-23-11-9-21(10-12-23)25(29)26-14-19(2)20-6-4-3-5-7-20/h3-13,15-16,19H,14,17H2,1-2H3,(H,26,29). The van der Waals surface area contributed by atoms with E-state index in [0.717, 1.165) is 11.3 Å². The number of fused-ring (bicyclic) bond motifs is 1. The highest BCUT2D eigenvalue weighted by Crippen LogP contribution is 2.16. The highest BCUT2D eigenvalue weighted by atomic mass is 16.5. The molecule has 0 aliphatic carbocycles. The molecule has 0 aliphatic rings. The maximum atomic E-state index is 12.4. The molecule has 4 aromatic rings. The number of carbonyl (C=O) groups excluding carboxylic acids is 1. The van der Waals surface area contributed by atoms with Crippen molar-refractivity contribution in [1.82, 2.24) is 14.7 Å². The lowest BCUT2D eigenvalue weighted by atomic mass is 10.0. The predicted molar refractivity (Wildman–Crippen MR) is 118 cm³/mol. The first-order valence-electron chi connectivity index (χ1n) is 10.1. The van der Waals surface area contributed by atoms with Gasteiger partial charge in [-0.05, 0) is 54.3 Å². The van der Waals surface area contributed by atoms with Gasteiger partial charge in [0.05, 0.1) is 5.69 Å². The molecule has 1 N–H and O–H groups in total. The van der Waals surface area contributed by atoms with Gasteiger partial charge in [0, 0.05) is 24.5 Å². The van der Waals surface area contributed by atoms with Gasteiger partial charge >= 0.3 is 0 Å². The summed E-state index contributed by atoms with van der Waals surface area (Å²) < 4.78 is 7.83. The molecule has 0 saturated heterocycles. The molecule has 0 bridgehead atoms. The minimum Gasteiger partial charge on any atom is -0.487 e. The van der Waals surface area contributed by atoms with E-state index in [-0.39, 0.29) is 11.8 Å². The van der Waals surface area contributed by atoms with Crippen LogP contribution < -0.4 is 10.1 Å². The number of nitrogens with zero attached hydrogens (tertiary/aromatic N) is 2. The van der Waals surface area contributed by atoms with Crippen molar-refractivity contribution in [3.05, 3.63) is 102 Å². The maximum absolute atomic E-state index is 12.4. The smallest absolute Gasteiger partial charge is 0.251 e. The Balaban J connectivity index is 1.31. The quantitative estimate of drug-likeness (QED) is 0.488. The van der Waals surface area contributed by atoms with Gasteiger partial charge in [0.1, 0.15) is 18.0 Å². The first kappa shape index (κ1) is 19.7. The summed E-state index contributed by atoms with van der Waals surface area (Å²) in [7, 11) is 0. The van der Waals surface area contributed by atoms with Crippen LogP contribution in [0.25, 0.3) is 5.65 Å². The van der Waals surface area contributed by atoms with Crippen LogP contribution in [0.2, 0.25) is 0 Å². The molecule has 0 fully saturated rings. The summed E-state index contributed by atoms with van der Waals surface area (Å²) in [5.41, 5.74) is 4.77. The summed E-state index contributed by atoms with van der Waals surface area (Å²) in [4.78, 5) is 17.0. The fourth-order valence-electron chi connectivity index (χ4n) is 3.33. The largest absolute Gasteiger partial charge is 0.487 e. The van der Waals surface area contributed by atoms with Crippen LogP contribution in [0.3, 0.4) is 0 Å². The molecule has 152 valence electrons. The molecule has 0 radical (unpaired) electrons. The van der Waals surface area contributed by atoms with Crippen molar-refractivity contribution < 1.29 is 9.53 Å². The second-order valence-corrected chi connectivity index (χ2v) is 7.54. The molecule has 1 atom stereocenters. The van der Waals surface area contributed by atoms with E-state index in [1.54, 1.807) is 12.1 Å². The van der Waals surface area contributed by atoms with Gasteiger partial charge in [0.25, 0.3) is 5.91 Å². The normalized spacial score (nSPS) is 11.9. The number of imidazole rings is 1. The van der Waals surface area contributed by atoms with Crippen LogP contribution in [0.5, 0.6) is 5.75 Å². The van der Waals surface area contributed by atoms with Crippen molar-refractivity contribution in [1.29, 1.82) is 0 Å².